The Balaban J connectivity index is 1.64. The minimum absolute atomic E-state index is 1.12. The van der Waals surface area contributed by atoms with Crippen LogP contribution in [0.4, 0.5) is 0 Å². The third-order valence-corrected chi connectivity index (χ3v) is 6.07. The topological polar surface area (TPSA) is 28.7 Å². The molecule has 0 saturated heterocycles. The molecule has 0 amide bonds. The van der Waals surface area contributed by atoms with Gasteiger partial charge in [-0.25, -0.2) is 4.98 Å². The van der Waals surface area contributed by atoms with Crippen LogP contribution in [0.1, 0.15) is 148 Å². The van der Waals surface area contributed by atoms with Crippen molar-refractivity contribution in [1.29, 1.82) is 0 Å². The number of nitrogens with zero attached hydrogens (tertiary/aromatic N) is 1. The summed E-state index contributed by atoms with van der Waals surface area (Å²) in [5.74, 6) is 1.15. The van der Waals surface area contributed by atoms with Gasteiger partial charge in [0.05, 0.1) is 0 Å². The molecule has 1 aromatic rings. The van der Waals surface area contributed by atoms with Crippen LogP contribution in [0.2, 0.25) is 0 Å². The highest BCUT2D eigenvalue weighted by atomic mass is 14.9. The molecule has 0 aliphatic rings. The van der Waals surface area contributed by atoms with E-state index in [1.54, 1.807) is 0 Å². The largest absolute Gasteiger partial charge is 0.349 e. The first-order chi connectivity index (χ1) is 13.9. The maximum atomic E-state index is 4.28. The minimum Gasteiger partial charge on any atom is -0.349 e. The number of aromatic amines is 1. The lowest BCUT2D eigenvalue weighted by Crippen LogP contribution is -1.88. The quantitative estimate of drug-likeness (QED) is 0.196. The minimum atomic E-state index is 1.12. The van der Waals surface area contributed by atoms with Gasteiger partial charge < -0.3 is 4.98 Å². The molecule has 0 aliphatic heterocycles. The van der Waals surface area contributed by atoms with Crippen LogP contribution >= 0.6 is 0 Å². The highest BCUT2D eigenvalue weighted by Crippen LogP contribution is 2.15. The molecule has 0 aromatic carbocycles. The number of aryl methyl sites for hydroxylation is 1. The first kappa shape index (κ1) is 25.2. The van der Waals surface area contributed by atoms with Crippen molar-refractivity contribution in [3.05, 3.63) is 18.2 Å². The number of unbranched alkanes of at least 4 members (excludes halogenated alkanes) is 20. The van der Waals surface area contributed by atoms with Crippen molar-refractivity contribution >= 4 is 0 Å². The molecular weight excluding hydrogens is 340 g/mol. The van der Waals surface area contributed by atoms with E-state index in [0.29, 0.717) is 0 Å². The van der Waals surface area contributed by atoms with E-state index in [1.165, 1.54) is 135 Å². The van der Waals surface area contributed by atoms with Crippen LogP contribution in [-0.4, -0.2) is 9.97 Å². The van der Waals surface area contributed by atoms with E-state index >= 15 is 0 Å². The van der Waals surface area contributed by atoms with Crippen molar-refractivity contribution in [2.75, 3.05) is 0 Å². The Labute approximate surface area is 176 Å². The van der Waals surface area contributed by atoms with Gasteiger partial charge >= 0.3 is 0 Å². The van der Waals surface area contributed by atoms with Crippen molar-refractivity contribution in [3.63, 3.8) is 0 Å². The molecule has 164 valence electrons. The van der Waals surface area contributed by atoms with Crippen LogP contribution in [0.3, 0.4) is 0 Å². The molecule has 0 spiro atoms. The van der Waals surface area contributed by atoms with Gasteiger partial charge in [-0.3, -0.25) is 0 Å². The van der Waals surface area contributed by atoms with Crippen molar-refractivity contribution in [3.8, 4) is 0 Å². The first-order valence-electron chi connectivity index (χ1n) is 12.9. The zero-order chi connectivity index (χ0) is 20.0. The molecule has 0 aliphatic carbocycles. The molecule has 0 radical (unpaired) electrons. The Bertz CT molecular complexity index is 385. The Morgan fingerprint density at radius 1 is 0.536 bits per heavy atom. The van der Waals surface area contributed by atoms with E-state index in [1.807, 2.05) is 12.4 Å². The normalized spacial score (nSPS) is 11.3. The molecule has 0 atom stereocenters. The third-order valence-electron chi connectivity index (χ3n) is 6.07. The van der Waals surface area contributed by atoms with Gasteiger partial charge in [-0.1, -0.05) is 135 Å². The third kappa shape index (κ3) is 17.3. The summed E-state index contributed by atoms with van der Waals surface area (Å²) in [5, 5.41) is 0. The lowest BCUT2D eigenvalue weighted by Gasteiger charge is -2.04. The molecule has 1 aromatic heterocycles. The zero-order valence-corrected chi connectivity index (χ0v) is 19.2. The molecule has 28 heavy (non-hydrogen) atoms. The monoisotopic (exact) mass is 390 g/mol. The Morgan fingerprint density at radius 3 is 1.21 bits per heavy atom. The summed E-state index contributed by atoms with van der Waals surface area (Å²) in [6, 6.07) is 0. The van der Waals surface area contributed by atoms with Gasteiger partial charge in [0.25, 0.3) is 0 Å². The van der Waals surface area contributed by atoms with Gasteiger partial charge in [0.2, 0.25) is 0 Å². The second kappa shape index (κ2) is 20.9. The summed E-state index contributed by atoms with van der Waals surface area (Å²) in [5.41, 5.74) is 0. The Kier molecular flexibility index (Phi) is 18.9. The van der Waals surface area contributed by atoms with Crippen molar-refractivity contribution in [1.82, 2.24) is 9.97 Å². The number of imidazole rings is 1. The van der Waals surface area contributed by atoms with Gasteiger partial charge in [0.1, 0.15) is 5.82 Å². The van der Waals surface area contributed by atoms with Gasteiger partial charge in [0, 0.05) is 18.8 Å². The van der Waals surface area contributed by atoms with Gasteiger partial charge in [-0.15, -0.1) is 0 Å². The SMILES string of the molecule is CCCCCCCCCCCCCCCCCCCCCCCc1ncc[nH]1. The van der Waals surface area contributed by atoms with Crippen LogP contribution in [0.25, 0.3) is 0 Å². The number of rotatable bonds is 22. The second-order valence-electron chi connectivity index (χ2n) is 8.86. The van der Waals surface area contributed by atoms with E-state index < -0.39 is 0 Å². The standard InChI is InChI=1S/C26H50N2/c1-2-3-4-5-6-7-8-9-10-11-12-13-14-15-16-17-18-19-20-21-22-23-26-27-24-25-28-26/h24-25H,2-23H2,1H3,(H,27,28). The summed E-state index contributed by atoms with van der Waals surface area (Å²) >= 11 is 0. The smallest absolute Gasteiger partial charge is 0.105 e. The molecule has 0 bridgehead atoms. The second-order valence-corrected chi connectivity index (χ2v) is 8.86. The van der Waals surface area contributed by atoms with Crippen LogP contribution in [-0.2, 0) is 6.42 Å². The average molecular weight is 391 g/mol. The predicted octanol–water partition coefficient (Wildman–Crippen LogP) is 9.16. The summed E-state index contributed by atoms with van der Waals surface area (Å²) in [7, 11) is 0. The summed E-state index contributed by atoms with van der Waals surface area (Å²) in [6.07, 6.45) is 35.2. The Morgan fingerprint density at radius 2 is 0.893 bits per heavy atom. The van der Waals surface area contributed by atoms with Gasteiger partial charge in [0.15, 0.2) is 0 Å². The fraction of sp³-hybridized carbons (Fsp3) is 0.885. The summed E-state index contributed by atoms with van der Waals surface area (Å²) in [4.78, 5) is 7.47. The fourth-order valence-corrected chi connectivity index (χ4v) is 4.16. The lowest BCUT2D eigenvalue weighted by molar-refractivity contribution is 0.520. The lowest BCUT2D eigenvalue weighted by atomic mass is 10.0. The number of hydrogen-bond acceptors (Lipinski definition) is 1. The fourth-order valence-electron chi connectivity index (χ4n) is 4.16. The molecule has 1 rings (SSSR count). The van der Waals surface area contributed by atoms with E-state index in [0.717, 1.165) is 12.2 Å². The number of nitrogens with one attached hydrogen (secondary N) is 1. The Hall–Kier alpha value is -0.790. The van der Waals surface area contributed by atoms with Crippen LogP contribution in [0.5, 0.6) is 0 Å². The van der Waals surface area contributed by atoms with Crippen LogP contribution in [0, 0.1) is 0 Å². The van der Waals surface area contributed by atoms with Gasteiger partial charge in [-0.05, 0) is 6.42 Å². The van der Waals surface area contributed by atoms with Crippen LogP contribution < -0.4 is 0 Å². The molecule has 1 heterocycles. The number of hydrogen-bond donors (Lipinski definition) is 1. The maximum Gasteiger partial charge on any atom is 0.105 e. The highest BCUT2D eigenvalue weighted by molar-refractivity contribution is 4.86. The summed E-state index contributed by atoms with van der Waals surface area (Å²) in [6.45, 7) is 2.30. The van der Waals surface area contributed by atoms with E-state index in [2.05, 4.69) is 16.9 Å². The first-order valence-corrected chi connectivity index (χ1v) is 12.9. The van der Waals surface area contributed by atoms with Crippen LogP contribution in [0.15, 0.2) is 12.4 Å². The zero-order valence-electron chi connectivity index (χ0n) is 19.2. The van der Waals surface area contributed by atoms with E-state index in [9.17, 15) is 0 Å². The predicted molar refractivity (Wildman–Crippen MR) is 125 cm³/mol. The molecule has 2 heteroatoms. The molecule has 0 unspecified atom stereocenters. The highest BCUT2D eigenvalue weighted by Gasteiger charge is 1.97. The van der Waals surface area contributed by atoms with Crippen molar-refractivity contribution in [2.24, 2.45) is 0 Å². The summed E-state index contributed by atoms with van der Waals surface area (Å²) < 4.78 is 0. The maximum absolute atomic E-state index is 4.28. The molecule has 0 fully saturated rings. The van der Waals surface area contributed by atoms with E-state index in [4.69, 9.17) is 0 Å². The van der Waals surface area contributed by atoms with Crippen molar-refractivity contribution in [2.45, 2.75) is 148 Å². The van der Waals surface area contributed by atoms with E-state index in [-0.39, 0.29) is 0 Å². The molecule has 2 nitrogen and oxygen atoms in total. The number of H-pyrrole nitrogens is 1. The average Bonchev–Trinajstić information content (AvgIpc) is 3.22. The molecule has 0 saturated carbocycles. The molecule has 1 N–H and O–H groups in total. The number of aromatic nitrogens is 2. The molecular formula is C26H50N2. The van der Waals surface area contributed by atoms with Crippen molar-refractivity contribution < 1.29 is 0 Å². The van der Waals surface area contributed by atoms with Gasteiger partial charge in [-0.2, -0.15) is 0 Å².